The average molecular weight is 474 g/mol. The van der Waals surface area contributed by atoms with Gasteiger partial charge in [0, 0.05) is 44.1 Å². The van der Waals surface area contributed by atoms with Crippen LogP contribution in [0.2, 0.25) is 0 Å². The molecule has 1 saturated heterocycles. The number of ether oxygens (including phenoxy) is 1. The van der Waals surface area contributed by atoms with Gasteiger partial charge in [0.15, 0.2) is 0 Å². The Bertz CT molecular complexity index is 1100. The van der Waals surface area contributed by atoms with Crippen LogP contribution < -0.4 is 14.9 Å². The summed E-state index contributed by atoms with van der Waals surface area (Å²) in [5.74, 6) is -0.830. The predicted octanol–water partition coefficient (Wildman–Crippen LogP) is 3.00. The molecular formula is C24H31N3O5S. The van der Waals surface area contributed by atoms with Crippen molar-refractivity contribution in [2.75, 3.05) is 36.5 Å². The van der Waals surface area contributed by atoms with Crippen molar-refractivity contribution in [3.8, 4) is 0 Å². The van der Waals surface area contributed by atoms with E-state index in [2.05, 4.69) is 10.0 Å². The Morgan fingerprint density at radius 1 is 1.12 bits per heavy atom. The van der Waals surface area contributed by atoms with Crippen molar-refractivity contribution in [1.82, 2.24) is 4.72 Å². The minimum atomic E-state index is -3.63. The van der Waals surface area contributed by atoms with Crippen LogP contribution in [0.25, 0.3) is 0 Å². The topological polar surface area (TPSA) is 105 Å². The maximum absolute atomic E-state index is 12.7. The molecule has 2 aromatic carbocycles. The van der Waals surface area contributed by atoms with Crippen LogP contribution >= 0.6 is 0 Å². The number of hydrogen-bond acceptors (Lipinski definition) is 5. The highest BCUT2D eigenvalue weighted by atomic mass is 32.2. The van der Waals surface area contributed by atoms with Crippen LogP contribution in [-0.4, -0.2) is 46.5 Å². The summed E-state index contributed by atoms with van der Waals surface area (Å²) >= 11 is 0. The molecule has 2 N–H and O–H groups in total. The van der Waals surface area contributed by atoms with Crippen LogP contribution in [-0.2, 0) is 24.3 Å². The number of amides is 2. The Labute approximate surface area is 195 Å². The summed E-state index contributed by atoms with van der Waals surface area (Å²) in [4.78, 5) is 27.0. The molecule has 1 heterocycles. The molecule has 0 bridgehead atoms. The molecule has 33 heavy (non-hydrogen) atoms. The van der Waals surface area contributed by atoms with Crippen LogP contribution in [0.4, 0.5) is 11.4 Å². The fourth-order valence-electron chi connectivity index (χ4n) is 3.60. The summed E-state index contributed by atoms with van der Waals surface area (Å²) in [6.07, 6.45) is 0.720. The molecule has 1 atom stereocenters. The SMILES string of the molecule is CCOCCCNS(=O)(=O)c1ccc(NC(=O)C2CC(=O)N(c3ccc(C)c(C)c3)C2)cc1. The first-order valence-electron chi connectivity index (χ1n) is 11.1. The van der Waals surface area contributed by atoms with Gasteiger partial charge in [-0.25, -0.2) is 13.1 Å². The minimum absolute atomic E-state index is 0.0877. The van der Waals surface area contributed by atoms with Gasteiger partial charge in [0.1, 0.15) is 0 Å². The van der Waals surface area contributed by atoms with Gasteiger partial charge in [-0.15, -0.1) is 0 Å². The predicted molar refractivity (Wildman–Crippen MR) is 128 cm³/mol. The first kappa shape index (κ1) is 24.9. The lowest BCUT2D eigenvalue weighted by atomic mass is 10.1. The van der Waals surface area contributed by atoms with Gasteiger partial charge in [0.2, 0.25) is 21.8 Å². The highest BCUT2D eigenvalue weighted by molar-refractivity contribution is 7.89. The fourth-order valence-corrected chi connectivity index (χ4v) is 4.67. The highest BCUT2D eigenvalue weighted by Crippen LogP contribution is 2.27. The Morgan fingerprint density at radius 3 is 2.52 bits per heavy atom. The summed E-state index contributed by atoms with van der Waals surface area (Å²) in [6.45, 7) is 7.57. The van der Waals surface area contributed by atoms with E-state index in [1.165, 1.54) is 12.1 Å². The largest absolute Gasteiger partial charge is 0.382 e. The van der Waals surface area contributed by atoms with E-state index >= 15 is 0 Å². The van der Waals surface area contributed by atoms with Crippen LogP contribution in [0.3, 0.4) is 0 Å². The van der Waals surface area contributed by atoms with E-state index in [4.69, 9.17) is 4.74 Å². The zero-order valence-electron chi connectivity index (χ0n) is 19.3. The molecule has 8 nitrogen and oxygen atoms in total. The molecule has 0 radical (unpaired) electrons. The lowest BCUT2D eigenvalue weighted by Crippen LogP contribution is -2.28. The van der Waals surface area contributed by atoms with Crippen molar-refractivity contribution in [2.45, 2.75) is 38.5 Å². The van der Waals surface area contributed by atoms with E-state index in [0.717, 1.165) is 16.8 Å². The number of anilines is 2. The highest BCUT2D eigenvalue weighted by Gasteiger charge is 2.35. The number of sulfonamides is 1. The fraction of sp³-hybridized carbons (Fsp3) is 0.417. The zero-order valence-corrected chi connectivity index (χ0v) is 20.1. The van der Waals surface area contributed by atoms with E-state index in [1.54, 1.807) is 17.0 Å². The summed E-state index contributed by atoms with van der Waals surface area (Å²) < 4.78 is 32.5. The van der Waals surface area contributed by atoms with E-state index < -0.39 is 15.9 Å². The van der Waals surface area contributed by atoms with Crippen molar-refractivity contribution in [3.63, 3.8) is 0 Å². The number of aryl methyl sites for hydroxylation is 2. The Balaban J connectivity index is 1.57. The average Bonchev–Trinajstić information content (AvgIpc) is 3.17. The molecule has 9 heteroatoms. The van der Waals surface area contributed by atoms with Gasteiger partial charge >= 0.3 is 0 Å². The molecule has 1 fully saturated rings. The Morgan fingerprint density at radius 2 is 1.85 bits per heavy atom. The molecule has 1 aliphatic rings. The molecule has 2 aromatic rings. The second-order valence-electron chi connectivity index (χ2n) is 8.14. The number of benzene rings is 2. The normalized spacial score (nSPS) is 16.3. The van der Waals surface area contributed by atoms with Crippen molar-refractivity contribution in [2.24, 2.45) is 5.92 Å². The van der Waals surface area contributed by atoms with Gasteiger partial charge in [-0.2, -0.15) is 0 Å². The minimum Gasteiger partial charge on any atom is -0.382 e. The summed E-state index contributed by atoms with van der Waals surface area (Å²) in [5.41, 5.74) is 3.51. The first-order chi connectivity index (χ1) is 15.7. The number of nitrogens with one attached hydrogen (secondary N) is 2. The molecule has 0 saturated carbocycles. The molecule has 0 spiro atoms. The zero-order chi connectivity index (χ0) is 24.0. The standard InChI is InChI=1S/C24H31N3O5S/c1-4-32-13-5-12-25-33(30,31)22-10-7-20(8-11-22)26-24(29)19-15-23(28)27(16-19)21-9-6-17(2)18(3)14-21/h6-11,14,19,25H,4-5,12-13,15-16H2,1-3H3,(H,26,29). The molecule has 1 unspecified atom stereocenters. The van der Waals surface area contributed by atoms with Gasteiger partial charge in [-0.05, 0) is 74.7 Å². The lowest BCUT2D eigenvalue weighted by molar-refractivity contribution is -0.122. The maximum Gasteiger partial charge on any atom is 0.240 e. The summed E-state index contributed by atoms with van der Waals surface area (Å²) in [5, 5.41) is 2.79. The summed E-state index contributed by atoms with van der Waals surface area (Å²) in [6, 6.07) is 11.8. The van der Waals surface area contributed by atoms with Crippen LogP contribution in [0.1, 0.15) is 30.9 Å². The van der Waals surface area contributed by atoms with Crippen LogP contribution in [0.15, 0.2) is 47.4 Å². The van der Waals surface area contributed by atoms with Crippen molar-refractivity contribution < 1.29 is 22.7 Å². The van der Waals surface area contributed by atoms with E-state index in [1.807, 2.05) is 39.0 Å². The molecule has 3 rings (SSSR count). The quantitative estimate of drug-likeness (QED) is 0.516. The number of rotatable bonds is 10. The molecule has 2 amide bonds. The van der Waals surface area contributed by atoms with Crippen molar-refractivity contribution >= 4 is 33.2 Å². The number of carbonyl (C=O) groups excluding carboxylic acids is 2. The van der Waals surface area contributed by atoms with Gasteiger partial charge in [-0.1, -0.05) is 6.07 Å². The molecule has 1 aliphatic heterocycles. The second kappa shape index (κ2) is 10.9. The van der Waals surface area contributed by atoms with Gasteiger partial charge in [0.05, 0.1) is 10.8 Å². The maximum atomic E-state index is 12.7. The van der Waals surface area contributed by atoms with Crippen molar-refractivity contribution in [1.29, 1.82) is 0 Å². The van der Waals surface area contributed by atoms with Gasteiger partial charge in [0.25, 0.3) is 0 Å². The molecule has 0 aromatic heterocycles. The van der Waals surface area contributed by atoms with Crippen molar-refractivity contribution in [3.05, 3.63) is 53.6 Å². The first-order valence-corrected chi connectivity index (χ1v) is 12.6. The van der Waals surface area contributed by atoms with Gasteiger partial charge < -0.3 is 15.0 Å². The number of carbonyl (C=O) groups is 2. The molecule has 178 valence electrons. The number of nitrogens with zero attached hydrogens (tertiary/aromatic N) is 1. The smallest absolute Gasteiger partial charge is 0.240 e. The molecular weight excluding hydrogens is 442 g/mol. The van der Waals surface area contributed by atoms with E-state index in [0.29, 0.717) is 31.9 Å². The lowest BCUT2D eigenvalue weighted by Gasteiger charge is -2.18. The third-order valence-corrected chi connectivity index (χ3v) is 7.17. The van der Waals surface area contributed by atoms with Gasteiger partial charge in [-0.3, -0.25) is 9.59 Å². The van der Waals surface area contributed by atoms with Crippen LogP contribution in [0, 0.1) is 19.8 Å². The monoisotopic (exact) mass is 473 g/mol. The van der Waals surface area contributed by atoms with E-state index in [-0.39, 0.29) is 29.7 Å². The second-order valence-corrected chi connectivity index (χ2v) is 9.90. The van der Waals surface area contributed by atoms with Crippen LogP contribution in [0.5, 0.6) is 0 Å². The molecule has 0 aliphatic carbocycles. The Hall–Kier alpha value is -2.75. The number of hydrogen-bond donors (Lipinski definition) is 2. The third-order valence-electron chi connectivity index (χ3n) is 5.69. The van der Waals surface area contributed by atoms with E-state index in [9.17, 15) is 18.0 Å². The third kappa shape index (κ3) is 6.40. The Kier molecular flexibility index (Phi) is 8.23. The summed E-state index contributed by atoms with van der Waals surface area (Å²) in [7, 11) is -3.63.